The zero-order valence-electron chi connectivity index (χ0n) is 24.2. The Balaban J connectivity index is 0.00000205. The number of pyridine rings is 1. The predicted octanol–water partition coefficient (Wildman–Crippen LogP) is 5.71. The van der Waals surface area contributed by atoms with Crippen molar-refractivity contribution in [1.82, 2.24) is 9.88 Å². The number of hydrogen-bond acceptors (Lipinski definition) is 8. The van der Waals surface area contributed by atoms with Gasteiger partial charge in [0.1, 0.15) is 12.4 Å². The monoisotopic (exact) mass is 553 g/mol. The van der Waals surface area contributed by atoms with E-state index in [-0.39, 0.29) is 5.92 Å². The summed E-state index contributed by atoms with van der Waals surface area (Å²) < 4.78 is 5.89. The molecule has 0 saturated carbocycles. The van der Waals surface area contributed by atoms with Gasteiger partial charge < -0.3 is 20.6 Å². The molecule has 1 aliphatic rings. The van der Waals surface area contributed by atoms with Crippen molar-refractivity contribution in [3.8, 4) is 5.75 Å². The van der Waals surface area contributed by atoms with E-state index in [0.717, 1.165) is 46.2 Å². The average Bonchev–Trinajstić information content (AvgIpc) is 3.13. The van der Waals surface area contributed by atoms with E-state index in [1.807, 2.05) is 52.0 Å². The summed E-state index contributed by atoms with van der Waals surface area (Å²) in [6.45, 7) is 17.0. The van der Waals surface area contributed by atoms with Gasteiger partial charge in [0, 0.05) is 48.0 Å². The molecule has 0 saturated heterocycles. The van der Waals surface area contributed by atoms with E-state index in [1.54, 1.807) is 36.4 Å². The first kappa shape index (κ1) is 30.4. The van der Waals surface area contributed by atoms with Crippen LogP contribution in [0.15, 0.2) is 36.5 Å². The molecular weight excluding hydrogens is 510 g/mol. The Bertz CT molecular complexity index is 1290. The van der Waals surface area contributed by atoms with Gasteiger partial charge in [0.25, 0.3) is 0 Å². The first-order valence-corrected chi connectivity index (χ1v) is 14.4. The molecule has 1 unspecified atom stereocenters. The van der Waals surface area contributed by atoms with Crippen LogP contribution in [-0.4, -0.2) is 40.7 Å². The molecule has 1 aromatic carbocycles. The summed E-state index contributed by atoms with van der Waals surface area (Å²) in [7, 11) is 0. The minimum Gasteiger partial charge on any atom is -0.490 e. The maximum Gasteiger partial charge on any atom is 0.310 e. The fourth-order valence-corrected chi connectivity index (χ4v) is 6.30. The van der Waals surface area contributed by atoms with Crippen molar-refractivity contribution in [2.24, 2.45) is 11.3 Å². The molecular formula is C30H43N5O3S. The number of fused-ring (bicyclic) bond motifs is 1. The number of nitrogen functional groups attached to an aromatic ring is 1. The third-order valence-electron chi connectivity index (χ3n) is 7.37. The minimum absolute atomic E-state index is 0.374. The Labute approximate surface area is 236 Å². The van der Waals surface area contributed by atoms with Crippen LogP contribution in [0, 0.1) is 19.3 Å². The summed E-state index contributed by atoms with van der Waals surface area (Å²) in [5.74, 6) is 5.74. The lowest BCUT2D eigenvalue weighted by Gasteiger charge is -2.32. The summed E-state index contributed by atoms with van der Waals surface area (Å²) in [6, 6.07) is 9.90. The molecule has 2 aromatic heterocycles. The number of carboxylic acids is 1. The van der Waals surface area contributed by atoms with Crippen LogP contribution in [0.25, 0.3) is 0 Å². The molecule has 9 heteroatoms. The molecule has 0 fully saturated rings. The lowest BCUT2D eigenvalue weighted by Crippen LogP contribution is -2.33. The van der Waals surface area contributed by atoms with Crippen LogP contribution >= 0.6 is 11.3 Å². The number of aromatic nitrogens is 1. The van der Waals surface area contributed by atoms with Gasteiger partial charge in [0.05, 0.1) is 22.5 Å². The maximum atomic E-state index is 12.5. The Hall–Kier alpha value is -3.14. The van der Waals surface area contributed by atoms with E-state index in [0.29, 0.717) is 25.4 Å². The number of hydrogen-bond donors (Lipinski definition) is 3. The summed E-state index contributed by atoms with van der Waals surface area (Å²) in [5, 5.41) is 11.9. The second-order valence-corrected chi connectivity index (χ2v) is 11.5. The largest absolute Gasteiger partial charge is 0.490 e. The van der Waals surface area contributed by atoms with E-state index in [2.05, 4.69) is 22.9 Å². The van der Waals surface area contributed by atoms with Gasteiger partial charge in [-0.3, -0.25) is 14.7 Å². The number of hydrazine groups is 1. The third-order valence-corrected chi connectivity index (χ3v) is 8.53. The summed E-state index contributed by atoms with van der Waals surface area (Å²) >= 11 is 1.66. The molecule has 0 radical (unpaired) electrons. The Kier molecular flexibility index (Phi) is 9.98. The molecule has 8 nitrogen and oxygen atoms in total. The van der Waals surface area contributed by atoms with Crippen LogP contribution in [0.4, 0.5) is 11.4 Å². The van der Waals surface area contributed by atoms with E-state index in [9.17, 15) is 9.90 Å². The van der Waals surface area contributed by atoms with Crippen molar-refractivity contribution in [3.63, 3.8) is 0 Å². The van der Waals surface area contributed by atoms with Gasteiger partial charge in [-0.15, -0.1) is 11.3 Å². The molecule has 3 aromatic rings. The van der Waals surface area contributed by atoms with Crippen molar-refractivity contribution in [1.29, 1.82) is 0 Å². The van der Waals surface area contributed by atoms with Crippen molar-refractivity contribution >= 4 is 28.7 Å². The van der Waals surface area contributed by atoms with Crippen LogP contribution in [0.2, 0.25) is 0 Å². The van der Waals surface area contributed by atoms with Crippen LogP contribution in [-0.2, 0) is 17.9 Å². The number of aryl methyl sites for hydroxylation is 1. The predicted molar refractivity (Wildman–Crippen MR) is 160 cm³/mol. The number of nitrogens with zero attached hydrogens (tertiary/aromatic N) is 3. The number of carbonyl (C=O) groups is 1. The average molecular weight is 554 g/mol. The highest BCUT2D eigenvalue weighted by Gasteiger charge is 2.41. The highest BCUT2D eigenvalue weighted by Crippen LogP contribution is 2.47. The molecule has 4 rings (SSSR count). The topological polar surface area (TPSA) is 118 Å². The molecule has 0 bridgehead atoms. The first-order valence-electron chi connectivity index (χ1n) is 13.6. The van der Waals surface area contributed by atoms with Gasteiger partial charge in [-0.25, -0.2) is 5.84 Å². The molecule has 5 N–H and O–H groups in total. The quantitative estimate of drug-likeness (QED) is 0.185. The van der Waals surface area contributed by atoms with Gasteiger partial charge in [-0.05, 0) is 75.6 Å². The SMILES string of the molecule is CC.CCN(N)c1ccc(C(c2cc(CN3CCOc4cccnc4C3)c(C)s2)C(C)(C)C(=O)O)c(C)c1N. The number of aliphatic carboxylic acids is 1. The van der Waals surface area contributed by atoms with Crippen LogP contribution < -0.4 is 21.3 Å². The van der Waals surface area contributed by atoms with Gasteiger partial charge in [0.2, 0.25) is 0 Å². The van der Waals surface area contributed by atoms with Gasteiger partial charge in [-0.2, -0.15) is 0 Å². The maximum absolute atomic E-state index is 12.5. The van der Waals surface area contributed by atoms with Crippen molar-refractivity contribution < 1.29 is 14.6 Å². The number of ether oxygens (including phenoxy) is 1. The van der Waals surface area contributed by atoms with E-state index >= 15 is 0 Å². The highest BCUT2D eigenvalue weighted by molar-refractivity contribution is 7.12. The van der Waals surface area contributed by atoms with Crippen molar-refractivity contribution in [3.05, 3.63) is 68.7 Å². The fraction of sp³-hybridized carbons (Fsp3) is 0.467. The lowest BCUT2D eigenvalue weighted by molar-refractivity contribution is -0.147. The van der Waals surface area contributed by atoms with Crippen LogP contribution in [0.3, 0.4) is 0 Å². The summed E-state index contributed by atoms with van der Waals surface area (Å²) in [5.41, 5.74) is 10.7. The smallest absolute Gasteiger partial charge is 0.310 e. The third kappa shape index (κ3) is 6.37. The number of nitrogens with two attached hydrogens (primary N) is 2. The number of benzene rings is 1. The van der Waals surface area contributed by atoms with Crippen LogP contribution in [0.5, 0.6) is 5.75 Å². The second-order valence-electron chi connectivity index (χ2n) is 10.2. The Morgan fingerprint density at radius 3 is 2.67 bits per heavy atom. The standard InChI is InChI=1S/C28H37N5O3S.C2H6/c1-6-33(30)22-10-9-20(17(2)26(22)29)25(28(4,5)27(34)35)24-14-19(18(3)37-24)15-32-12-13-36-23-8-7-11-31-21(23)16-32;1-2/h7-11,14,25H,6,12-13,15-16,29-30H2,1-5H3,(H,34,35);1-2H3. The highest BCUT2D eigenvalue weighted by atomic mass is 32.1. The number of rotatable bonds is 8. The van der Waals surface area contributed by atoms with Gasteiger partial charge in [-0.1, -0.05) is 19.9 Å². The summed E-state index contributed by atoms with van der Waals surface area (Å²) in [4.78, 5) is 21.5. The van der Waals surface area contributed by atoms with E-state index in [1.165, 1.54) is 10.4 Å². The van der Waals surface area contributed by atoms with E-state index in [4.69, 9.17) is 16.3 Å². The van der Waals surface area contributed by atoms with Crippen LogP contribution in [0.1, 0.15) is 72.7 Å². The molecule has 0 amide bonds. The molecule has 212 valence electrons. The van der Waals surface area contributed by atoms with E-state index < -0.39 is 11.4 Å². The normalized spacial score (nSPS) is 14.4. The second kappa shape index (κ2) is 12.8. The minimum atomic E-state index is -1.06. The summed E-state index contributed by atoms with van der Waals surface area (Å²) in [6.07, 6.45) is 1.79. The number of carboxylic acid groups (broad SMARTS) is 1. The zero-order valence-corrected chi connectivity index (χ0v) is 25.1. The lowest BCUT2D eigenvalue weighted by atomic mass is 9.72. The first-order chi connectivity index (χ1) is 18.5. The Morgan fingerprint density at radius 2 is 2.00 bits per heavy atom. The van der Waals surface area contributed by atoms with Gasteiger partial charge in [0.15, 0.2) is 0 Å². The molecule has 0 aliphatic carbocycles. The van der Waals surface area contributed by atoms with Crippen molar-refractivity contribution in [2.75, 3.05) is 30.4 Å². The molecule has 1 atom stereocenters. The fourth-order valence-electron chi connectivity index (χ4n) is 4.95. The Morgan fingerprint density at radius 1 is 1.28 bits per heavy atom. The number of thiophene rings is 1. The molecule has 1 aliphatic heterocycles. The molecule has 3 heterocycles. The molecule has 39 heavy (non-hydrogen) atoms. The molecule has 0 spiro atoms. The van der Waals surface area contributed by atoms with Crippen molar-refractivity contribution in [2.45, 2.75) is 67.5 Å². The zero-order chi connectivity index (χ0) is 28.9. The number of anilines is 2. The van der Waals surface area contributed by atoms with Gasteiger partial charge >= 0.3 is 5.97 Å².